The van der Waals surface area contributed by atoms with Gasteiger partial charge in [-0.2, -0.15) is 0 Å². The van der Waals surface area contributed by atoms with E-state index in [0.717, 1.165) is 3.39 Å². The highest BCUT2D eigenvalue weighted by Gasteiger charge is 2.06. The Balaban J connectivity index is 3.04. The van der Waals surface area contributed by atoms with Crippen LogP contribution < -0.4 is 0 Å². The first kappa shape index (κ1) is 16.0. The van der Waals surface area contributed by atoms with Crippen molar-refractivity contribution in [1.29, 1.82) is 0 Å². The first-order valence-electron chi connectivity index (χ1n) is 6.82. The fraction of sp³-hybridized carbons (Fsp3) is 0.500. The molecule has 0 radical (unpaired) electrons. The molecule has 0 atom stereocenters. The summed E-state index contributed by atoms with van der Waals surface area (Å²) in [7, 11) is 0. The summed E-state index contributed by atoms with van der Waals surface area (Å²) < 4.78 is 1.02. The van der Waals surface area contributed by atoms with E-state index in [1.807, 2.05) is 0 Å². The largest absolute Gasteiger partial charge is 0.0654 e. The molecular weight excluding hydrogens is 352 g/mol. The van der Waals surface area contributed by atoms with Gasteiger partial charge in [-0.05, 0) is 80.3 Å². The molecule has 100 valence electrons. The van der Waals surface area contributed by atoms with Crippen LogP contribution in [-0.4, -0.2) is 0 Å². The summed E-state index contributed by atoms with van der Waals surface area (Å²) in [5, 5.41) is 0. The highest BCUT2D eigenvalue weighted by molar-refractivity contribution is 9.28. The van der Waals surface area contributed by atoms with Crippen LogP contribution in [0.3, 0.4) is 0 Å². The smallest absolute Gasteiger partial charge is 0.0610 e. The summed E-state index contributed by atoms with van der Waals surface area (Å²) in [6.45, 7) is 4.49. The molecule has 0 bridgehead atoms. The second kappa shape index (κ2) is 8.92. The molecule has 0 aliphatic carbocycles. The quantitative estimate of drug-likeness (QED) is 0.514. The predicted molar refractivity (Wildman–Crippen MR) is 89.5 cm³/mol. The van der Waals surface area contributed by atoms with Crippen LogP contribution in [0.1, 0.15) is 56.2 Å². The van der Waals surface area contributed by atoms with Crippen LogP contribution >= 0.6 is 31.9 Å². The van der Waals surface area contributed by atoms with Crippen LogP contribution in [0.2, 0.25) is 0 Å². The zero-order valence-electron chi connectivity index (χ0n) is 11.3. The lowest BCUT2D eigenvalue weighted by Gasteiger charge is -2.12. The molecule has 18 heavy (non-hydrogen) atoms. The normalized spacial score (nSPS) is 10.4. The van der Waals surface area contributed by atoms with Crippen molar-refractivity contribution in [2.45, 2.75) is 52.4 Å². The molecule has 0 saturated heterocycles. The van der Waals surface area contributed by atoms with Gasteiger partial charge in [0.15, 0.2) is 0 Å². The molecule has 0 heterocycles. The van der Waals surface area contributed by atoms with Crippen LogP contribution in [0.25, 0.3) is 6.08 Å². The molecule has 2 heteroatoms. The number of hydrogen-bond donors (Lipinski definition) is 0. The zero-order valence-corrected chi connectivity index (χ0v) is 14.5. The van der Waals surface area contributed by atoms with E-state index >= 15 is 0 Å². The molecule has 0 saturated carbocycles. The van der Waals surface area contributed by atoms with Crippen LogP contribution in [0.15, 0.2) is 21.6 Å². The zero-order chi connectivity index (χ0) is 13.4. The lowest BCUT2D eigenvalue weighted by Crippen LogP contribution is -1.96. The van der Waals surface area contributed by atoms with Crippen LogP contribution in [0.5, 0.6) is 0 Å². The fourth-order valence-electron chi connectivity index (χ4n) is 2.13. The summed E-state index contributed by atoms with van der Waals surface area (Å²) in [5.41, 5.74) is 4.35. The van der Waals surface area contributed by atoms with Gasteiger partial charge in [-0.15, -0.1) is 0 Å². The Morgan fingerprint density at radius 1 is 1.00 bits per heavy atom. The highest BCUT2D eigenvalue weighted by Crippen LogP contribution is 2.26. The first-order valence-corrected chi connectivity index (χ1v) is 8.41. The Bertz CT molecular complexity index is 364. The van der Waals surface area contributed by atoms with E-state index < -0.39 is 0 Å². The van der Waals surface area contributed by atoms with Crippen molar-refractivity contribution in [3.05, 3.63) is 38.3 Å². The van der Waals surface area contributed by atoms with Crippen LogP contribution in [0.4, 0.5) is 0 Å². The van der Waals surface area contributed by atoms with Gasteiger partial charge < -0.3 is 0 Å². The average Bonchev–Trinajstić information content (AvgIpc) is 2.35. The van der Waals surface area contributed by atoms with E-state index in [9.17, 15) is 0 Å². The third-order valence-electron chi connectivity index (χ3n) is 3.14. The van der Waals surface area contributed by atoms with Gasteiger partial charge in [0, 0.05) is 0 Å². The maximum absolute atomic E-state index is 3.49. The van der Waals surface area contributed by atoms with Gasteiger partial charge in [0.25, 0.3) is 0 Å². The molecule has 0 unspecified atom stereocenters. The van der Waals surface area contributed by atoms with E-state index in [2.05, 4.69) is 70.0 Å². The summed E-state index contributed by atoms with van der Waals surface area (Å²) in [4.78, 5) is 0. The van der Waals surface area contributed by atoms with Gasteiger partial charge >= 0.3 is 0 Å². The highest BCUT2D eigenvalue weighted by atomic mass is 79.9. The standard InChI is InChI=1S/C16H22Br2/c1-3-5-8-13-10-7-11-14(9-6-4-2)15(13)12-16(17)18/h7,10-12H,3-6,8-9H2,1-2H3. The maximum atomic E-state index is 3.49. The van der Waals surface area contributed by atoms with Gasteiger partial charge in [-0.25, -0.2) is 0 Å². The van der Waals surface area contributed by atoms with Crippen LogP contribution in [-0.2, 0) is 12.8 Å². The van der Waals surface area contributed by atoms with Crippen molar-refractivity contribution in [2.24, 2.45) is 0 Å². The molecule has 0 spiro atoms. The van der Waals surface area contributed by atoms with Crippen molar-refractivity contribution >= 4 is 37.9 Å². The van der Waals surface area contributed by atoms with Crippen molar-refractivity contribution in [3.63, 3.8) is 0 Å². The van der Waals surface area contributed by atoms with Gasteiger partial charge in [0.1, 0.15) is 0 Å². The van der Waals surface area contributed by atoms with Crippen molar-refractivity contribution in [1.82, 2.24) is 0 Å². The van der Waals surface area contributed by atoms with Gasteiger partial charge in [-0.1, -0.05) is 44.9 Å². The number of aryl methyl sites for hydroxylation is 2. The molecule has 0 fully saturated rings. The topological polar surface area (TPSA) is 0 Å². The summed E-state index contributed by atoms with van der Waals surface area (Å²) in [6, 6.07) is 6.73. The molecule has 0 aromatic heterocycles. The number of hydrogen-bond acceptors (Lipinski definition) is 0. The Morgan fingerprint density at radius 3 is 1.89 bits per heavy atom. The Labute approximate surface area is 128 Å². The Kier molecular flexibility index (Phi) is 7.92. The Hall–Kier alpha value is -0.0800. The minimum Gasteiger partial charge on any atom is -0.0654 e. The van der Waals surface area contributed by atoms with Gasteiger partial charge in [-0.3, -0.25) is 0 Å². The molecule has 0 aliphatic rings. The second-order valence-electron chi connectivity index (χ2n) is 4.63. The number of unbranched alkanes of at least 4 members (excludes halogenated alkanes) is 2. The summed E-state index contributed by atoms with van der Waals surface area (Å²) in [6.07, 6.45) is 9.58. The van der Waals surface area contributed by atoms with Gasteiger partial charge in [0.05, 0.1) is 3.39 Å². The van der Waals surface area contributed by atoms with Crippen LogP contribution in [0, 0.1) is 0 Å². The third kappa shape index (κ3) is 5.27. The minimum atomic E-state index is 1.02. The number of rotatable bonds is 7. The second-order valence-corrected chi connectivity index (χ2v) is 7.40. The maximum Gasteiger partial charge on any atom is 0.0610 e. The first-order chi connectivity index (χ1) is 8.69. The fourth-order valence-corrected chi connectivity index (χ4v) is 2.59. The lowest BCUT2D eigenvalue weighted by atomic mass is 9.94. The Morgan fingerprint density at radius 2 is 1.50 bits per heavy atom. The van der Waals surface area contributed by atoms with Gasteiger partial charge in [0.2, 0.25) is 0 Å². The SMILES string of the molecule is CCCCc1cccc(CCCC)c1C=C(Br)Br. The molecule has 1 aromatic rings. The van der Waals surface area contributed by atoms with Crippen molar-refractivity contribution in [2.75, 3.05) is 0 Å². The molecule has 0 nitrogen and oxygen atoms in total. The monoisotopic (exact) mass is 372 g/mol. The molecule has 0 N–H and O–H groups in total. The van der Waals surface area contributed by atoms with E-state index in [1.54, 1.807) is 0 Å². The van der Waals surface area contributed by atoms with E-state index in [4.69, 9.17) is 0 Å². The van der Waals surface area contributed by atoms with E-state index in [1.165, 1.54) is 55.2 Å². The molecule has 1 aromatic carbocycles. The summed E-state index contributed by atoms with van der Waals surface area (Å²) in [5.74, 6) is 0. The lowest BCUT2D eigenvalue weighted by molar-refractivity contribution is 0.778. The van der Waals surface area contributed by atoms with Crippen molar-refractivity contribution < 1.29 is 0 Å². The molecule has 0 amide bonds. The minimum absolute atomic E-state index is 1.02. The molecular formula is C16H22Br2. The molecule has 1 rings (SSSR count). The number of halogens is 2. The number of benzene rings is 1. The predicted octanol–water partition coefficient (Wildman–Crippen LogP) is 6.46. The summed E-state index contributed by atoms with van der Waals surface area (Å²) >= 11 is 6.99. The molecule has 0 aliphatic heterocycles. The van der Waals surface area contributed by atoms with E-state index in [0.29, 0.717) is 0 Å². The average molecular weight is 374 g/mol. The third-order valence-corrected chi connectivity index (χ3v) is 3.60. The van der Waals surface area contributed by atoms with E-state index in [-0.39, 0.29) is 0 Å². The van der Waals surface area contributed by atoms with Crippen molar-refractivity contribution in [3.8, 4) is 0 Å².